The molecule has 1 rings (SSSR count). The molecule has 0 fully saturated rings. The van der Waals surface area contributed by atoms with Gasteiger partial charge in [0.1, 0.15) is 0 Å². The van der Waals surface area contributed by atoms with E-state index in [4.69, 9.17) is 4.55 Å². The van der Waals surface area contributed by atoms with Crippen LogP contribution in [-0.2, 0) is 16.5 Å². The van der Waals surface area contributed by atoms with Gasteiger partial charge in [0.2, 0.25) is 0 Å². The summed E-state index contributed by atoms with van der Waals surface area (Å²) in [5.41, 5.74) is 2.02. The first-order chi connectivity index (χ1) is 8.95. The molecule has 1 aromatic carbocycles. The number of unbranched alkanes of at least 4 members (excludes halogenated alkanes) is 3. The van der Waals surface area contributed by atoms with E-state index in [0.29, 0.717) is 0 Å². The van der Waals surface area contributed by atoms with Crippen LogP contribution in [0, 0.1) is 17.7 Å². The van der Waals surface area contributed by atoms with Crippen molar-refractivity contribution in [1.82, 2.24) is 0 Å². The van der Waals surface area contributed by atoms with Gasteiger partial charge in [-0.05, 0) is 54.3 Å². The fourth-order valence-corrected chi connectivity index (χ4v) is 2.56. The summed E-state index contributed by atoms with van der Waals surface area (Å²) >= 11 is 3.05. The maximum absolute atomic E-state index is 11.1. The second-order valence-electron chi connectivity index (χ2n) is 4.40. The number of hydrogen-bond acceptors (Lipinski definition) is 2. The second kappa shape index (κ2) is 7.68. The molecule has 3 nitrogen and oxygen atoms in total. The van der Waals surface area contributed by atoms with Crippen molar-refractivity contribution in [2.45, 2.75) is 43.9 Å². The van der Waals surface area contributed by atoms with E-state index in [-0.39, 0.29) is 4.90 Å². The Balaban J connectivity index is 2.60. The number of rotatable bonds is 6. The normalized spacial score (nSPS) is 10.9. The van der Waals surface area contributed by atoms with E-state index in [9.17, 15) is 8.42 Å². The summed E-state index contributed by atoms with van der Waals surface area (Å²) in [5, 5.41) is 0. The van der Waals surface area contributed by atoms with Gasteiger partial charge in [-0.3, -0.25) is 4.55 Å². The molecule has 0 aliphatic carbocycles. The summed E-state index contributed by atoms with van der Waals surface area (Å²) < 4.78 is 31.2. The van der Waals surface area contributed by atoms with Crippen molar-refractivity contribution in [3.63, 3.8) is 0 Å². The quantitative estimate of drug-likeness (QED) is 0.486. The van der Waals surface area contributed by atoms with Gasteiger partial charge in [-0.25, -0.2) is 0 Å². The van der Waals surface area contributed by atoms with E-state index < -0.39 is 10.1 Å². The molecule has 0 unspecified atom stereocenters. The molecule has 0 saturated heterocycles. The molecule has 0 spiro atoms. The Hall–Kier alpha value is -0.830. The molecular weight excluding hydrogens is 328 g/mol. The van der Waals surface area contributed by atoms with Gasteiger partial charge in [0.15, 0.2) is 0 Å². The molecule has 19 heavy (non-hydrogen) atoms. The largest absolute Gasteiger partial charge is 0.294 e. The molecule has 0 radical (unpaired) electrons. The molecule has 0 bridgehead atoms. The zero-order valence-electron chi connectivity index (χ0n) is 10.8. The van der Waals surface area contributed by atoms with Crippen molar-refractivity contribution < 1.29 is 13.0 Å². The van der Waals surface area contributed by atoms with Gasteiger partial charge in [-0.1, -0.05) is 18.4 Å². The van der Waals surface area contributed by atoms with Crippen LogP contribution in [0.3, 0.4) is 0 Å². The lowest BCUT2D eigenvalue weighted by molar-refractivity contribution is 0.483. The fourth-order valence-electron chi connectivity index (χ4n) is 1.83. The first-order valence-corrected chi connectivity index (χ1v) is 8.34. The standard InChI is InChI=1S/C14H17BrO3S/c1-12-8-9-14(19(16,17)18)11-13(12)7-5-3-2-4-6-10-15/h8-9,11H,2-5,7H2,1H3,(H,16,17,18). The number of hydrogen-bond donors (Lipinski definition) is 1. The second-order valence-corrected chi connectivity index (χ2v) is 6.21. The molecular formula is C14H17BrO3S. The Morgan fingerprint density at radius 2 is 2.00 bits per heavy atom. The molecule has 0 aliphatic heterocycles. The smallest absolute Gasteiger partial charge is 0.282 e. The van der Waals surface area contributed by atoms with E-state index in [0.717, 1.165) is 43.2 Å². The van der Waals surface area contributed by atoms with Gasteiger partial charge < -0.3 is 0 Å². The van der Waals surface area contributed by atoms with E-state index >= 15 is 0 Å². The topological polar surface area (TPSA) is 54.4 Å². The highest BCUT2D eigenvalue weighted by Crippen LogP contribution is 2.18. The predicted molar refractivity (Wildman–Crippen MR) is 79.9 cm³/mol. The molecule has 0 aliphatic rings. The predicted octanol–water partition coefficient (Wildman–Crippen LogP) is 3.70. The zero-order valence-corrected chi connectivity index (χ0v) is 13.2. The first-order valence-electron chi connectivity index (χ1n) is 6.10. The highest BCUT2D eigenvalue weighted by Gasteiger charge is 2.11. The molecule has 0 amide bonds. The lowest BCUT2D eigenvalue weighted by Gasteiger charge is -2.07. The molecule has 0 saturated carbocycles. The van der Waals surface area contributed by atoms with E-state index in [1.54, 1.807) is 12.1 Å². The number of halogens is 1. The molecule has 1 aromatic rings. The first kappa shape index (κ1) is 16.2. The Kier molecular flexibility index (Phi) is 6.56. The average molecular weight is 345 g/mol. The molecule has 5 heteroatoms. The third-order valence-electron chi connectivity index (χ3n) is 2.93. The van der Waals surface area contributed by atoms with Crippen LogP contribution in [0.5, 0.6) is 0 Å². The minimum atomic E-state index is -4.11. The van der Waals surface area contributed by atoms with Crippen LogP contribution in [0.4, 0.5) is 0 Å². The summed E-state index contributed by atoms with van der Waals surface area (Å²) in [5.74, 6) is 2.94. The summed E-state index contributed by atoms with van der Waals surface area (Å²) in [4.78, 5) is 2.65. The molecule has 0 atom stereocenters. The van der Waals surface area contributed by atoms with Crippen LogP contribution in [0.25, 0.3) is 0 Å². The van der Waals surface area contributed by atoms with E-state index in [1.165, 1.54) is 6.07 Å². The monoisotopic (exact) mass is 344 g/mol. The van der Waals surface area contributed by atoms with Crippen molar-refractivity contribution in [2.75, 3.05) is 0 Å². The van der Waals surface area contributed by atoms with Crippen LogP contribution >= 0.6 is 15.9 Å². The van der Waals surface area contributed by atoms with Gasteiger partial charge in [0, 0.05) is 22.4 Å². The fraction of sp³-hybridized carbons (Fsp3) is 0.429. The molecule has 104 valence electrons. The summed E-state index contributed by atoms with van der Waals surface area (Å²) in [7, 11) is -4.11. The third kappa shape index (κ3) is 5.77. The van der Waals surface area contributed by atoms with Crippen molar-refractivity contribution in [3.8, 4) is 10.8 Å². The van der Waals surface area contributed by atoms with Crippen molar-refractivity contribution in [1.29, 1.82) is 0 Å². The maximum atomic E-state index is 11.1. The lowest BCUT2D eigenvalue weighted by Crippen LogP contribution is -2.00. The number of aryl methyl sites for hydroxylation is 2. The van der Waals surface area contributed by atoms with E-state index in [1.807, 2.05) is 6.92 Å². The van der Waals surface area contributed by atoms with Crippen LogP contribution in [-0.4, -0.2) is 13.0 Å². The Morgan fingerprint density at radius 3 is 2.63 bits per heavy atom. The number of benzene rings is 1. The van der Waals surface area contributed by atoms with Gasteiger partial charge in [-0.2, -0.15) is 8.42 Å². The minimum Gasteiger partial charge on any atom is -0.282 e. The maximum Gasteiger partial charge on any atom is 0.294 e. The Bertz CT molecular complexity index is 582. The van der Waals surface area contributed by atoms with Gasteiger partial charge in [0.25, 0.3) is 10.1 Å². The van der Waals surface area contributed by atoms with Crippen LogP contribution < -0.4 is 0 Å². The van der Waals surface area contributed by atoms with Crippen LogP contribution in [0.2, 0.25) is 0 Å². The van der Waals surface area contributed by atoms with Crippen molar-refractivity contribution >= 4 is 26.0 Å². The Labute approximate surface area is 123 Å². The Morgan fingerprint density at radius 1 is 1.26 bits per heavy atom. The van der Waals surface area contributed by atoms with Crippen LogP contribution in [0.15, 0.2) is 23.1 Å². The zero-order chi connectivity index (χ0) is 14.3. The molecule has 0 heterocycles. The van der Waals surface area contributed by atoms with Gasteiger partial charge >= 0.3 is 0 Å². The van der Waals surface area contributed by atoms with E-state index in [2.05, 4.69) is 26.7 Å². The van der Waals surface area contributed by atoms with Gasteiger partial charge in [-0.15, -0.1) is 0 Å². The third-order valence-corrected chi connectivity index (χ3v) is 4.06. The average Bonchev–Trinajstić information content (AvgIpc) is 2.34. The lowest BCUT2D eigenvalue weighted by atomic mass is 10.0. The van der Waals surface area contributed by atoms with Crippen molar-refractivity contribution in [3.05, 3.63) is 29.3 Å². The summed E-state index contributed by atoms with van der Waals surface area (Å²) in [6.45, 7) is 1.94. The van der Waals surface area contributed by atoms with Crippen molar-refractivity contribution in [2.24, 2.45) is 0 Å². The molecule has 1 N–H and O–H groups in total. The minimum absolute atomic E-state index is 0.0294. The molecule has 0 aromatic heterocycles. The summed E-state index contributed by atoms with van der Waals surface area (Å²) in [6, 6.07) is 4.72. The highest BCUT2D eigenvalue weighted by molar-refractivity contribution is 9.12. The van der Waals surface area contributed by atoms with Gasteiger partial charge in [0.05, 0.1) is 4.90 Å². The highest BCUT2D eigenvalue weighted by atomic mass is 79.9. The van der Waals surface area contributed by atoms with Crippen LogP contribution in [0.1, 0.15) is 36.8 Å². The summed E-state index contributed by atoms with van der Waals surface area (Å²) in [6.07, 6.45) is 4.76. The SMILES string of the molecule is Cc1ccc(S(=O)(=O)O)cc1CCCCCC#CBr.